The number of piperidine rings is 1. The molecule has 1 aliphatic rings. The Hall–Kier alpha value is -3.15. The molecule has 1 saturated heterocycles. The normalized spacial score (nSPS) is 15.7. The molecule has 5 nitrogen and oxygen atoms in total. The van der Waals surface area contributed by atoms with Crippen LogP contribution in [0.15, 0.2) is 64.1 Å². The number of halogens is 1. The highest BCUT2D eigenvalue weighted by molar-refractivity contribution is 5.78. The highest BCUT2D eigenvalue weighted by atomic mass is 19.1. The number of guanidine groups is 1. The second-order valence-electron chi connectivity index (χ2n) is 8.44. The minimum Gasteiger partial charge on any atom is -0.370 e. The Morgan fingerprint density at radius 3 is 2.66 bits per heavy atom. The molecule has 1 aliphatic heterocycles. The Morgan fingerprint density at radius 2 is 1.91 bits per heavy atom. The smallest absolute Gasteiger partial charge is 0.191 e. The van der Waals surface area contributed by atoms with Crippen molar-refractivity contribution in [2.45, 2.75) is 44.9 Å². The summed E-state index contributed by atoms with van der Waals surface area (Å²) in [6.45, 7) is 4.69. The van der Waals surface area contributed by atoms with Crippen molar-refractivity contribution in [1.29, 1.82) is 0 Å². The molecule has 2 aromatic carbocycles. The Labute approximate surface area is 189 Å². The number of hydrogen-bond acceptors (Lipinski definition) is 3. The van der Waals surface area contributed by atoms with Crippen molar-refractivity contribution in [1.82, 2.24) is 10.1 Å². The number of aromatic nitrogens is 1. The van der Waals surface area contributed by atoms with E-state index in [2.05, 4.69) is 15.0 Å². The number of nitrogens with zero attached hydrogens (tertiary/aromatic N) is 3. The molecule has 0 radical (unpaired) electrons. The van der Waals surface area contributed by atoms with Gasteiger partial charge in [0, 0.05) is 43.6 Å². The summed E-state index contributed by atoms with van der Waals surface area (Å²) in [7, 11) is 0. The van der Waals surface area contributed by atoms with Gasteiger partial charge in [-0.1, -0.05) is 54.5 Å². The monoisotopic (exact) mass is 434 g/mol. The average molecular weight is 435 g/mol. The fraction of sp³-hybridized carbons (Fsp3) is 0.385. The molecule has 1 aromatic heterocycles. The summed E-state index contributed by atoms with van der Waals surface area (Å²) < 4.78 is 20.3. The number of aliphatic imine (C=N–C) groups is 1. The molecule has 32 heavy (non-hydrogen) atoms. The van der Waals surface area contributed by atoms with E-state index in [0.717, 1.165) is 48.5 Å². The topological polar surface area (TPSA) is 67.7 Å². The first-order valence-corrected chi connectivity index (χ1v) is 11.5. The molecule has 4 rings (SSSR count). The first-order chi connectivity index (χ1) is 15.6. The summed E-state index contributed by atoms with van der Waals surface area (Å²) in [6, 6.07) is 16.9. The van der Waals surface area contributed by atoms with Gasteiger partial charge in [-0.3, -0.25) is 4.99 Å². The molecule has 1 atom stereocenters. The molecular formula is C26H31FN4O. The molecule has 168 valence electrons. The molecule has 0 saturated carbocycles. The number of benzene rings is 2. The van der Waals surface area contributed by atoms with Crippen LogP contribution in [0.1, 0.15) is 55.5 Å². The van der Waals surface area contributed by atoms with Gasteiger partial charge in [0.1, 0.15) is 11.6 Å². The van der Waals surface area contributed by atoms with Gasteiger partial charge >= 0.3 is 0 Å². The van der Waals surface area contributed by atoms with Gasteiger partial charge in [0.05, 0.1) is 5.69 Å². The molecule has 0 bridgehead atoms. The van der Waals surface area contributed by atoms with Crippen LogP contribution in [-0.4, -0.2) is 35.7 Å². The van der Waals surface area contributed by atoms with Gasteiger partial charge in [0.15, 0.2) is 5.96 Å². The Morgan fingerprint density at radius 1 is 1.12 bits per heavy atom. The van der Waals surface area contributed by atoms with E-state index >= 15 is 0 Å². The molecule has 6 heteroatoms. The molecule has 1 fully saturated rings. The first kappa shape index (κ1) is 22.1. The lowest BCUT2D eigenvalue weighted by atomic mass is 9.94. The first-order valence-electron chi connectivity index (χ1n) is 11.5. The van der Waals surface area contributed by atoms with E-state index in [4.69, 9.17) is 10.3 Å². The van der Waals surface area contributed by atoms with Crippen molar-refractivity contribution in [3.8, 4) is 11.1 Å². The van der Waals surface area contributed by atoms with Crippen LogP contribution in [0.25, 0.3) is 11.1 Å². The number of rotatable bonds is 7. The molecule has 0 spiro atoms. The Balaban J connectivity index is 1.33. The van der Waals surface area contributed by atoms with Crippen molar-refractivity contribution < 1.29 is 8.91 Å². The predicted molar refractivity (Wildman–Crippen MR) is 126 cm³/mol. The molecular weight excluding hydrogens is 403 g/mol. The zero-order valence-corrected chi connectivity index (χ0v) is 18.6. The maximum absolute atomic E-state index is 14.8. The minimum absolute atomic E-state index is 0.0559. The lowest BCUT2D eigenvalue weighted by Gasteiger charge is -2.27. The fourth-order valence-electron chi connectivity index (χ4n) is 4.14. The van der Waals surface area contributed by atoms with Gasteiger partial charge in [-0.05, 0) is 42.9 Å². The van der Waals surface area contributed by atoms with Crippen LogP contribution in [-0.2, 0) is 6.42 Å². The number of hydrogen-bond donors (Lipinski definition) is 1. The third-order valence-corrected chi connectivity index (χ3v) is 6.13. The Bertz CT molecular complexity index is 1040. The third-order valence-electron chi connectivity index (χ3n) is 6.13. The zero-order valence-electron chi connectivity index (χ0n) is 18.6. The van der Waals surface area contributed by atoms with Gasteiger partial charge < -0.3 is 15.2 Å². The number of likely N-dealkylation sites (tertiary alicyclic amines) is 1. The maximum atomic E-state index is 14.8. The summed E-state index contributed by atoms with van der Waals surface area (Å²) in [5, 5.41) is 4.22. The summed E-state index contributed by atoms with van der Waals surface area (Å²) >= 11 is 0. The molecule has 0 aliphatic carbocycles. The average Bonchev–Trinajstić information content (AvgIpc) is 3.31. The van der Waals surface area contributed by atoms with Crippen LogP contribution in [0.3, 0.4) is 0 Å². The molecule has 0 amide bonds. The van der Waals surface area contributed by atoms with Crippen LogP contribution >= 0.6 is 0 Å². The van der Waals surface area contributed by atoms with Crippen LogP contribution in [0, 0.1) is 5.82 Å². The predicted octanol–water partition coefficient (Wildman–Crippen LogP) is 5.37. The van der Waals surface area contributed by atoms with E-state index < -0.39 is 0 Å². The maximum Gasteiger partial charge on any atom is 0.191 e. The molecule has 2 heterocycles. The van der Waals surface area contributed by atoms with Crippen LogP contribution in [0.4, 0.5) is 4.39 Å². The van der Waals surface area contributed by atoms with Crippen LogP contribution in [0.5, 0.6) is 0 Å². The lowest BCUT2D eigenvalue weighted by molar-refractivity contribution is 0.338. The van der Waals surface area contributed by atoms with Crippen molar-refractivity contribution in [3.63, 3.8) is 0 Å². The highest BCUT2D eigenvalue weighted by Crippen LogP contribution is 2.29. The SMILES string of the molecule is CC(c1ccc(-c2ccccc2)c(F)c1)c1cc(CCCN=C(N)N2CCCCC2)on1. The lowest BCUT2D eigenvalue weighted by Crippen LogP contribution is -2.40. The Kier molecular flexibility index (Phi) is 7.20. The molecule has 2 N–H and O–H groups in total. The number of aryl methyl sites for hydroxylation is 1. The van der Waals surface area contributed by atoms with E-state index in [-0.39, 0.29) is 11.7 Å². The minimum atomic E-state index is -0.228. The number of nitrogens with two attached hydrogens (primary N) is 1. The van der Waals surface area contributed by atoms with E-state index in [1.54, 1.807) is 6.07 Å². The summed E-state index contributed by atoms with van der Waals surface area (Å²) in [5.41, 5.74) is 9.27. The second kappa shape index (κ2) is 10.4. The van der Waals surface area contributed by atoms with Crippen molar-refractivity contribution in [3.05, 3.63) is 77.4 Å². The highest BCUT2D eigenvalue weighted by Gasteiger charge is 2.16. The van der Waals surface area contributed by atoms with Gasteiger partial charge in [0.25, 0.3) is 0 Å². The summed E-state index contributed by atoms with van der Waals surface area (Å²) in [4.78, 5) is 6.68. The van der Waals surface area contributed by atoms with Crippen molar-refractivity contribution in [2.24, 2.45) is 10.7 Å². The molecule has 3 aromatic rings. The second-order valence-corrected chi connectivity index (χ2v) is 8.44. The van der Waals surface area contributed by atoms with Gasteiger partial charge in [-0.15, -0.1) is 0 Å². The fourth-order valence-corrected chi connectivity index (χ4v) is 4.14. The van der Waals surface area contributed by atoms with Crippen molar-refractivity contribution >= 4 is 5.96 Å². The van der Waals surface area contributed by atoms with E-state index in [0.29, 0.717) is 18.1 Å². The van der Waals surface area contributed by atoms with E-state index in [9.17, 15) is 4.39 Å². The largest absolute Gasteiger partial charge is 0.370 e. The zero-order chi connectivity index (χ0) is 22.3. The van der Waals surface area contributed by atoms with E-state index in [1.807, 2.05) is 55.5 Å². The third kappa shape index (κ3) is 5.36. The van der Waals surface area contributed by atoms with Gasteiger partial charge in [0.2, 0.25) is 0 Å². The van der Waals surface area contributed by atoms with Gasteiger partial charge in [-0.25, -0.2) is 4.39 Å². The van der Waals surface area contributed by atoms with Crippen molar-refractivity contribution in [2.75, 3.05) is 19.6 Å². The summed E-state index contributed by atoms with van der Waals surface area (Å²) in [6.07, 6.45) is 5.25. The quantitative estimate of drug-likeness (QED) is 0.309. The summed E-state index contributed by atoms with van der Waals surface area (Å²) in [5.74, 6) is 1.19. The van der Waals surface area contributed by atoms with Gasteiger partial charge in [-0.2, -0.15) is 0 Å². The molecule has 1 unspecified atom stereocenters. The van der Waals surface area contributed by atoms with Crippen LogP contribution < -0.4 is 5.73 Å². The van der Waals surface area contributed by atoms with Crippen LogP contribution in [0.2, 0.25) is 0 Å². The standard InChI is InChI=1S/C26H31FN4O/c1-19(21-12-13-23(24(27)17-21)20-9-4-2-5-10-20)25-18-22(32-30-25)11-8-14-29-26(28)31-15-6-3-7-16-31/h2,4-5,9-10,12-13,17-19H,3,6-8,11,14-16H2,1H3,(H2,28,29). The van der Waals surface area contributed by atoms with E-state index in [1.165, 1.54) is 19.3 Å².